The summed E-state index contributed by atoms with van der Waals surface area (Å²) in [5.74, 6) is -3.06. The number of rotatable bonds is 10. The number of primary amides is 1. The van der Waals surface area contributed by atoms with Crippen molar-refractivity contribution in [3.63, 3.8) is 0 Å². The molecule has 1 fully saturated rings. The predicted octanol–water partition coefficient (Wildman–Crippen LogP) is 4.04. The van der Waals surface area contributed by atoms with Gasteiger partial charge in [-0.2, -0.15) is 13.2 Å². The van der Waals surface area contributed by atoms with Crippen molar-refractivity contribution >= 4 is 11.8 Å². The van der Waals surface area contributed by atoms with Crippen molar-refractivity contribution in [2.45, 2.75) is 57.7 Å². The van der Waals surface area contributed by atoms with E-state index in [4.69, 9.17) is 5.73 Å². The van der Waals surface area contributed by atoms with Gasteiger partial charge in [0.25, 0.3) is 5.91 Å². The molecule has 0 bridgehead atoms. The van der Waals surface area contributed by atoms with Gasteiger partial charge in [0.2, 0.25) is 5.91 Å². The smallest absolute Gasteiger partial charge is 0.366 e. The summed E-state index contributed by atoms with van der Waals surface area (Å²) in [6.07, 6.45) is -3.00. The van der Waals surface area contributed by atoms with Crippen molar-refractivity contribution in [3.8, 4) is 0 Å². The van der Waals surface area contributed by atoms with Gasteiger partial charge in [0.05, 0.1) is 11.0 Å². The molecule has 0 spiro atoms. The van der Waals surface area contributed by atoms with Crippen LogP contribution >= 0.6 is 0 Å². The molecule has 1 aliphatic rings. The molecule has 1 aliphatic carbocycles. The van der Waals surface area contributed by atoms with Crippen LogP contribution in [0.1, 0.15) is 57.9 Å². The summed E-state index contributed by atoms with van der Waals surface area (Å²) >= 11 is 0. The molecule has 0 unspecified atom stereocenters. The Morgan fingerprint density at radius 3 is 2.33 bits per heavy atom. The fourth-order valence-corrected chi connectivity index (χ4v) is 4.60. The minimum absolute atomic E-state index is 0.0191. The standard InChI is InChI=1S/C26H32F4N4O2/c1-15-5-6-18(13-32-15)21(25(9-10-25)26(28,29)30)12-22(35)33-14-19(34(3)4)11-17-7-8-20(24(31)36)23(27)16(17)2/h5-8,13,19,21H,9-12,14H2,1-4H3,(H2,31,36)(H,33,35)/t19-,21-/m0/s1. The molecule has 196 valence electrons. The molecule has 1 aromatic heterocycles. The summed E-state index contributed by atoms with van der Waals surface area (Å²) in [5, 5.41) is 2.77. The Hall–Kier alpha value is -3.01. The number of nitrogens with two attached hydrogens (primary N) is 1. The zero-order chi connectivity index (χ0) is 26.8. The van der Waals surface area contributed by atoms with E-state index in [9.17, 15) is 27.2 Å². The fourth-order valence-electron chi connectivity index (χ4n) is 4.60. The number of hydrogen-bond acceptors (Lipinski definition) is 4. The molecule has 0 aliphatic heterocycles. The van der Waals surface area contributed by atoms with Crippen molar-refractivity contribution in [3.05, 3.63) is 64.2 Å². The summed E-state index contributed by atoms with van der Waals surface area (Å²) in [4.78, 5) is 30.3. The number of benzene rings is 1. The highest BCUT2D eigenvalue weighted by atomic mass is 19.4. The molecule has 6 nitrogen and oxygen atoms in total. The molecule has 2 aromatic rings. The number of likely N-dealkylation sites (N-methyl/N-ethyl adjacent to an activating group) is 1. The van der Waals surface area contributed by atoms with E-state index in [1.165, 1.54) is 12.3 Å². The Bertz CT molecular complexity index is 1110. The summed E-state index contributed by atoms with van der Waals surface area (Å²) in [6.45, 7) is 3.45. The lowest BCUT2D eigenvalue weighted by Crippen LogP contribution is -2.43. The number of halogens is 4. The topological polar surface area (TPSA) is 88.3 Å². The lowest BCUT2D eigenvalue weighted by atomic mass is 9.80. The first-order chi connectivity index (χ1) is 16.8. The van der Waals surface area contributed by atoms with Gasteiger partial charge in [-0.05, 0) is 76.0 Å². The quantitative estimate of drug-likeness (QED) is 0.474. The number of nitrogens with one attached hydrogen (secondary N) is 1. The highest BCUT2D eigenvalue weighted by molar-refractivity contribution is 5.93. The Morgan fingerprint density at radius 1 is 1.17 bits per heavy atom. The summed E-state index contributed by atoms with van der Waals surface area (Å²) < 4.78 is 56.4. The molecular weight excluding hydrogens is 476 g/mol. The van der Waals surface area contributed by atoms with Gasteiger partial charge in [0.1, 0.15) is 5.82 Å². The number of aryl methyl sites for hydroxylation is 1. The van der Waals surface area contributed by atoms with E-state index in [0.29, 0.717) is 23.2 Å². The van der Waals surface area contributed by atoms with Crippen molar-refractivity contribution in [2.24, 2.45) is 11.1 Å². The van der Waals surface area contributed by atoms with E-state index in [0.717, 1.165) is 0 Å². The van der Waals surface area contributed by atoms with Crippen LogP contribution in [-0.4, -0.2) is 54.6 Å². The monoisotopic (exact) mass is 508 g/mol. The van der Waals surface area contributed by atoms with E-state index in [1.54, 1.807) is 46.1 Å². The maximum Gasteiger partial charge on any atom is 0.395 e. The van der Waals surface area contributed by atoms with Crippen LogP contribution < -0.4 is 11.1 Å². The fraction of sp³-hybridized carbons (Fsp3) is 0.500. The van der Waals surface area contributed by atoms with E-state index in [-0.39, 0.29) is 43.0 Å². The van der Waals surface area contributed by atoms with E-state index in [1.807, 2.05) is 4.90 Å². The van der Waals surface area contributed by atoms with E-state index in [2.05, 4.69) is 10.3 Å². The van der Waals surface area contributed by atoms with Crippen LogP contribution in [0.3, 0.4) is 0 Å². The average molecular weight is 509 g/mol. The minimum Gasteiger partial charge on any atom is -0.366 e. The van der Waals surface area contributed by atoms with Crippen molar-refractivity contribution in [2.75, 3.05) is 20.6 Å². The summed E-state index contributed by atoms with van der Waals surface area (Å²) in [7, 11) is 3.59. The predicted molar refractivity (Wildman–Crippen MR) is 128 cm³/mol. The Labute approximate surface area is 208 Å². The van der Waals surface area contributed by atoms with Crippen LogP contribution in [0, 0.1) is 25.1 Å². The molecule has 0 saturated heterocycles. The van der Waals surface area contributed by atoms with Crippen molar-refractivity contribution < 1.29 is 27.2 Å². The molecule has 0 radical (unpaired) electrons. The van der Waals surface area contributed by atoms with Gasteiger partial charge in [0.15, 0.2) is 0 Å². The third-order valence-corrected chi connectivity index (χ3v) is 7.23. The van der Waals surface area contributed by atoms with Gasteiger partial charge in [0, 0.05) is 36.8 Å². The first-order valence-electron chi connectivity index (χ1n) is 11.8. The van der Waals surface area contributed by atoms with Crippen LogP contribution in [0.25, 0.3) is 0 Å². The second-order valence-electron chi connectivity index (χ2n) is 9.84. The molecule has 1 heterocycles. The van der Waals surface area contributed by atoms with Crippen LogP contribution in [-0.2, 0) is 11.2 Å². The third kappa shape index (κ3) is 5.86. The molecule has 1 saturated carbocycles. The minimum atomic E-state index is -4.42. The number of nitrogens with zero attached hydrogens (tertiary/aromatic N) is 2. The SMILES string of the molecule is Cc1ccc([C@H](CC(=O)NC[C@H](Cc2ccc(C(N)=O)c(F)c2C)N(C)C)C2(C(F)(F)F)CC2)cn1. The average Bonchev–Trinajstić information content (AvgIpc) is 3.60. The molecule has 36 heavy (non-hydrogen) atoms. The Balaban J connectivity index is 1.73. The number of alkyl halides is 3. The van der Waals surface area contributed by atoms with Gasteiger partial charge in [-0.25, -0.2) is 4.39 Å². The highest BCUT2D eigenvalue weighted by Gasteiger charge is 2.67. The first kappa shape index (κ1) is 27.6. The van der Waals surface area contributed by atoms with Crippen molar-refractivity contribution in [1.29, 1.82) is 0 Å². The van der Waals surface area contributed by atoms with Crippen molar-refractivity contribution in [1.82, 2.24) is 15.2 Å². The largest absolute Gasteiger partial charge is 0.395 e. The van der Waals surface area contributed by atoms with Gasteiger partial charge in [-0.3, -0.25) is 14.6 Å². The second-order valence-corrected chi connectivity index (χ2v) is 9.84. The summed E-state index contributed by atoms with van der Waals surface area (Å²) in [5.41, 5.74) is 5.11. The normalized spacial score (nSPS) is 16.5. The molecule has 10 heteroatoms. The molecular formula is C26H32F4N4O2. The number of carbonyl (C=O) groups excluding carboxylic acids is 2. The van der Waals surface area contributed by atoms with Gasteiger partial charge < -0.3 is 16.0 Å². The zero-order valence-electron chi connectivity index (χ0n) is 20.9. The van der Waals surface area contributed by atoms with Crippen LogP contribution in [0.15, 0.2) is 30.5 Å². The van der Waals surface area contributed by atoms with E-state index >= 15 is 0 Å². The van der Waals surface area contributed by atoms with Gasteiger partial charge in [-0.1, -0.05) is 12.1 Å². The zero-order valence-corrected chi connectivity index (χ0v) is 20.9. The number of carbonyl (C=O) groups is 2. The number of amides is 2. The Morgan fingerprint density at radius 2 is 1.83 bits per heavy atom. The highest BCUT2D eigenvalue weighted by Crippen LogP contribution is 2.66. The van der Waals surface area contributed by atoms with Crippen LogP contribution in [0.5, 0.6) is 0 Å². The molecule has 2 atom stereocenters. The first-order valence-corrected chi connectivity index (χ1v) is 11.8. The number of hydrogen-bond donors (Lipinski definition) is 2. The van der Waals surface area contributed by atoms with Crippen LogP contribution in [0.2, 0.25) is 0 Å². The van der Waals surface area contributed by atoms with Gasteiger partial charge in [-0.15, -0.1) is 0 Å². The maximum atomic E-state index is 14.5. The second kappa shape index (κ2) is 10.5. The summed E-state index contributed by atoms with van der Waals surface area (Å²) in [6, 6.07) is 5.96. The number of aromatic nitrogens is 1. The Kier molecular flexibility index (Phi) is 8.07. The maximum absolute atomic E-state index is 14.5. The molecule has 1 aromatic carbocycles. The molecule has 3 rings (SSSR count). The number of pyridine rings is 1. The third-order valence-electron chi connectivity index (χ3n) is 7.23. The molecule has 2 amide bonds. The van der Waals surface area contributed by atoms with Gasteiger partial charge >= 0.3 is 6.18 Å². The van der Waals surface area contributed by atoms with Crippen LogP contribution in [0.4, 0.5) is 17.6 Å². The lowest BCUT2D eigenvalue weighted by Gasteiger charge is -2.30. The lowest BCUT2D eigenvalue weighted by molar-refractivity contribution is -0.194. The molecule has 3 N–H and O–H groups in total. The van der Waals surface area contributed by atoms with E-state index < -0.39 is 35.1 Å².